The first-order valence-electron chi connectivity index (χ1n) is 12.9. The smallest absolute Gasteiger partial charge is 0.294 e. The number of anilines is 1. The zero-order valence-corrected chi connectivity index (χ0v) is 20.7. The van der Waals surface area contributed by atoms with Crippen LogP contribution in [-0.2, 0) is 17.9 Å². The Morgan fingerprint density at radius 1 is 1.08 bits per heavy atom. The van der Waals surface area contributed by atoms with Crippen molar-refractivity contribution in [3.63, 3.8) is 0 Å². The van der Waals surface area contributed by atoms with Crippen LogP contribution in [0.1, 0.15) is 25.0 Å². The van der Waals surface area contributed by atoms with E-state index in [4.69, 9.17) is 0 Å². The minimum Gasteiger partial charge on any atom is -0.357 e. The number of hydrogen-bond acceptors (Lipinski definition) is 6. The number of benzene rings is 1. The molecule has 37 heavy (non-hydrogen) atoms. The van der Waals surface area contributed by atoms with Gasteiger partial charge in [-0.15, -0.1) is 0 Å². The molecule has 1 amide bonds. The Kier molecular flexibility index (Phi) is 6.21. The van der Waals surface area contributed by atoms with Gasteiger partial charge in [0.2, 0.25) is 5.91 Å². The number of rotatable bonds is 6. The Labute approximate surface area is 214 Å². The fourth-order valence-electron chi connectivity index (χ4n) is 5.69. The van der Waals surface area contributed by atoms with Crippen LogP contribution in [0.2, 0.25) is 0 Å². The summed E-state index contributed by atoms with van der Waals surface area (Å²) in [5.41, 5.74) is 3.36. The number of aromatic amines is 1. The quantitative estimate of drug-likeness (QED) is 0.378. The van der Waals surface area contributed by atoms with E-state index in [-0.39, 0.29) is 23.4 Å². The molecule has 2 saturated heterocycles. The van der Waals surface area contributed by atoms with Crippen LogP contribution in [-0.4, -0.2) is 51.6 Å². The second-order valence-corrected chi connectivity index (χ2v) is 10.2. The first-order valence-corrected chi connectivity index (χ1v) is 12.9. The van der Waals surface area contributed by atoms with Gasteiger partial charge in [0.1, 0.15) is 6.54 Å². The van der Waals surface area contributed by atoms with Gasteiger partial charge in [0.15, 0.2) is 5.82 Å². The fourth-order valence-corrected chi connectivity index (χ4v) is 5.69. The molecule has 0 radical (unpaired) electrons. The van der Waals surface area contributed by atoms with Gasteiger partial charge in [0, 0.05) is 42.1 Å². The van der Waals surface area contributed by atoms with Crippen LogP contribution in [0.4, 0.5) is 5.82 Å². The Morgan fingerprint density at radius 2 is 1.92 bits per heavy atom. The molecule has 9 nitrogen and oxygen atoms in total. The van der Waals surface area contributed by atoms with E-state index in [1.807, 2.05) is 42.5 Å². The Morgan fingerprint density at radius 3 is 2.73 bits per heavy atom. The Hall–Kier alpha value is -3.98. The number of aromatic nitrogens is 4. The lowest BCUT2D eigenvalue weighted by Crippen LogP contribution is -2.40. The third-order valence-corrected chi connectivity index (χ3v) is 7.76. The summed E-state index contributed by atoms with van der Waals surface area (Å²) in [5, 5.41) is 7.39. The lowest BCUT2D eigenvalue weighted by molar-refractivity contribution is -0.121. The number of amides is 1. The highest BCUT2D eigenvalue weighted by Crippen LogP contribution is 2.39. The van der Waals surface area contributed by atoms with Gasteiger partial charge in [-0.05, 0) is 55.5 Å². The number of nitrogens with one attached hydrogen (secondary N) is 3. The molecule has 1 aromatic carbocycles. The minimum absolute atomic E-state index is 0.0801. The van der Waals surface area contributed by atoms with Crippen LogP contribution in [0.5, 0.6) is 0 Å². The van der Waals surface area contributed by atoms with Crippen LogP contribution >= 0.6 is 0 Å². The van der Waals surface area contributed by atoms with Gasteiger partial charge in [-0.3, -0.25) is 19.1 Å². The molecule has 3 aromatic heterocycles. The molecular formula is C28H31N7O2. The number of pyridine rings is 1. The van der Waals surface area contributed by atoms with E-state index in [0.29, 0.717) is 18.1 Å². The molecule has 2 aliphatic rings. The van der Waals surface area contributed by atoms with Crippen molar-refractivity contribution in [2.24, 2.45) is 5.41 Å². The maximum Gasteiger partial charge on any atom is 0.294 e. The zero-order valence-electron chi connectivity index (χ0n) is 20.7. The predicted molar refractivity (Wildman–Crippen MR) is 143 cm³/mol. The molecule has 2 fully saturated rings. The highest BCUT2D eigenvalue weighted by atomic mass is 16.2. The third-order valence-electron chi connectivity index (χ3n) is 7.76. The predicted octanol–water partition coefficient (Wildman–Crippen LogP) is 2.68. The summed E-state index contributed by atoms with van der Waals surface area (Å²) >= 11 is 0. The molecule has 4 aromatic rings. The maximum absolute atomic E-state index is 13.8. The molecule has 190 valence electrons. The van der Waals surface area contributed by atoms with Gasteiger partial charge < -0.3 is 20.5 Å². The lowest BCUT2D eigenvalue weighted by atomic mass is 9.78. The number of hydrogen-bond donors (Lipinski definition) is 3. The van der Waals surface area contributed by atoms with Gasteiger partial charge in [0.05, 0.1) is 18.4 Å². The summed E-state index contributed by atoms with van der Waals surface area (Å²) in [6.45, 7) is 3.95. The molecule has 3 N–H and O–H groups in total. The molecule has 2 aliphatic heterocycles. The molecule has 6 rings (SSSR count). The normalized spacial score (nSPS) is 16.9. The summed E-state index contributed by atoms with van der Waals surface area (Å²) in [6.07, 6.45) is 8.55. The Bertz CT molecular complexity index is 1440. The minimum atomic E-state index is -0.232. The van der Waals surface area contributed by atoms with Gasteiger partial charge in [-0.25, -0.2) is 4.98 Å². The van der Waals surface area contributed by atoms with Crippen molar-refractivity contribution >= 4 is 22.6 Å². The average molecular weight is 498 g/mol. The van der Waals surface area contributed by atoms with E-state index in [1.165, 1.54) is 0 Å². The van der Waals surface area contributed by atoms with Crippen LogP contribution in [0, 0.1) is 5.41 Å². The fraction of sp³-hybridized carbons (Fsp3) is 0.357. The highest BCUT2D eigenvalue weighted by Gasteiger charge is 2.40. The number of fused-ring (bicyclic) bond motifs is 1. The second kappa shape index (κ2) is 9.82. The van der Waals surface area contributed by atoms with Gasteiger partial charge in [-0.1, -0.05) is 30.3 Å². The van der Waals surface area contributed by atoms with Crippen LogP contribution in [0.15, 0.2) is 65.8 Å². The summed E-state index contributed by atoms with van der Waals surface area (Å²) in [6, 6.07) is 13.5. The van der Waals surface area contributed by atoms with Crippen LogP contribution < -0.4 is 21.1 Å². The van der Waals surface area contributed by atoms with Gasteiger partial charge in [0.25, 0.3) is 5.56 Å². The SMILES string of the molecule is O=C(Cn1c(-c2ccccc2)cnc(N2CCC3(CCNCC3)C2)c1=O)NCc1cc2cnccc2[nH]1. The highest BCUT2D eigenvalue weighted by molar-refractivity contribution is 5.80. The summed E-state index contributed by atoms with van der Waals surface area (Å²) in [7, 11) is 0. The van der Waals surface area contributed by atoms with E-state index in [1.54, 1.807) is 23.2 Å². The molecule has 0 bridgehead atoms. The van der Waals surface area contributed by atoms with Crippen molar-refractivity contribution in [1.29, 1.82) is 0 Å². The molecule has 0 saturated carbocycles. The molecule has 9 heteroatoms. The maximum atomic E-state index is 13.8. The number of nitrogens with zero attached hydrogens (tertiary/aromatic N) is 4. The van der Waals surface area contributed by atoms with Crippen LogP contribution in [0.25, 0.3) is 22.2 Å². The summed E-state index contributed by atoms with van der Waals surface area (Å²) in [5.74, 6) is 0.204. The topological polar surface area (TPSA) is 108 Å². The third kappa shape index (κ3) is 4.74. The van der Waals surface area contributed by atoms with E-state index in [2.05, 4.69) is 30.5 Å². The van der Waals surface area contributed by atoms with E-state index in [9.17, 15) is 9.59 Å². The Balaban J connectivity index is 1.25. The van der Waals surface area contributed by atoms with Crippen molar-refractivity contribution < 1.29 is 4.79 Å². The molecule has 0 unspecified atom stereocenters. The monoisotopic (exact) mass is 497 g/mol. The first kappa shape index (κ1) is 23.4. The number of carbonyl (C=O) groups excluding carboxylic acids is 1. The molecule has 1 spiro atoms. The summed E-state index contributed by atoms with van der Waals surface area (Å²) in [4.78, 5) is 41.1. The lowest BCUT2D eigenvalue weighted by Gasteiger charge is -2.33. The van der Waals surface area contributed by atoms with Crippen LogP contribution in [0.3, 0.4) is 0 Å². The molecular weight excluding hydrogens is 466 g/mol. The molecule has 5 heterocycles. The second-order valence-electron chi connectivity index (χ2n) is 10.2. The standard InChI is InChI=1S/C28H31N7O2/c36-25(31-16-22-14-21-15-30-10-6-23(21)33-22)18-35-24(20-4-2-1-3-5-20)17-32-26(27(35)37)34-13-9-28(19-34)7-11-29-12-8-28/h1-6,10,14-15,17,29,33H,7-9,11-13,16,18-19H2,(H,31,36). The summed E-state index contributed by atoms with van der Waals surface area (Å²) < 4.78 is 1.57. The van der Waals surface area contributed by atoms with Crippen molar-refractivity contribution in [3.05, 3.63) is 77.1 Å². The van der Waals surface area contributed by atoms with Crippen molar-refractivity contribution in [3.8, 4) is 11.3 Å². The van der Waals surface area contributed by atoms with E-state index >= 15 is 0 Å². The molecule has 0 aliphatic carbocycles. The zero-order chi connectivity index (χ0) is 25.2. The van der Waals surface area contributed by atoms with Gasteiger partial charge in [-0.2, -0.15) is 0 Å². The number of carbonyl (C=O) groups is 1. The van der Waals surface area contributed by atoms with Crippen molar-refractivity contribution in [1.82, 2.24) is 30.2 Å². The first-order chi connectivity index (χ1) is 18.1. The number of H-pyrrole nitrogens is 1. The van der Waals surface area contributed by atoms with Crippen molar-refractivity contribution in [2.45, 2.75) is 32.4 Å². The largest absolute Gasteiger partial charge is 0.357 e. The molecule has 0 atom stereocenters. The average Bonchev–Trinajstić information content (AvgIpc) is 3.53. The van der Waals surface area contributed by atoms with E-state index in [0.717, 1.165) is 67.6 Å². The van der Waals surface area contributed by atoms with Crippen molar-refractivity contribution in [2.75, 3.05) is 31.1 Å². The van der Waals surface area contributed by atoms with E-state index < -0.39 is 0 Å². The number of piperidine rings is 1. The van der Waals surface area contributed by atoms with Gasteiger partial charge >= 0.3 is 0 Å².